The van der Waals surface area contributed by atoms with E-state index < -0.39 is 10.0 Å². The van der Waals surface area contributed by atoms with Crippen molar-refractivity contribution in [2.45, 2.75) is 32.2 Å². The Labute approximate surface area is 98.8 Å². The molecule has 16 heavy (non-hydrogen) atoms. The number of hydrogen-bond acceptors (Lipinski definition) is 3. The zero-order chi connectivity index (χ0) is 12.0. The predicted molar refractivity (Wildman–Crippen MR) is 66.9 cm³/mol. The molecule has 1 rings (SSSR count). The van der Waals surface area contributed by atoms with Crippen LogP contribution in [0.1, 0.15) is 26.2 Å². The summed E-state index contributed by atoms with van der Waals surface area (Å²) in [5.74, 6) is 0.0414. The molecule has 1 fully saturated rings. The third-order valence-corrected chi connectivity index (χ3v) is 4.56. The molecule has 0 saturated carbocycles. The van der Waals surface area contributed by atoms with Crippen molar-refractivity contribution < 1.29 is 8.42 Å². The first-order chi connectivity index (χ1) is 7.60. The van der Waals surface area contributed by atoms with Crippen LogP contribution in [0, 0.1) is 0 Å². The monoisotopic (exact) mass is 246 g/mol. The molecule has 0 aromatic rings. The van der Waals surface area contributed by atoms with Gasteiger partial charge in [-0.3, -0.25) is 0 Å². The minimum absolute atomic E-state index is 0.0414. The van der Waals surface area contributed by atoms with Gasteiger partial charge in [-0.1, -0.05) is 13.0 Å². The van der Waals surface area contributed by atoms with Crippen LogP contribution in [-0.4, -0.2) is 44.2 Å². The molecular formula is C11H22N2O2S. The van der Waals surface area contributed by atoms with Crippen LogP contribution >= 0.6 is 0 Å². The van der Waals surface area contributed by atoms with Crippen LogP contribution < -0.4 is 5.32 Å². The van der Waals surface area contributed by atoms with Gasteiger partial charge in [0, 0.05) is 19.1 Å². The summed E-state index contributed by atoms with van der Waals surface area (Å²) in [5.41, 5.74) is 0. The fourth-order valence-corrected chi connectivity index (χ4v) is 3.38. The fraction of sp³-hybridized carbons (Fsp3) is 0.818. The summed E-state index contributed by atoms with van der Waals surface area (Å²) in [5, 5.41) is 3.33. The van der Waals surface area contributed by atoms with Gasteiger partial charge in [-0.05, 0) is 25.8 Å². The molecule has 1 saturated heterocycles. The zero-order valence-electron chi connectivity index (χ0n) is 9.98. The molecule has 0 radical (unpaired) electrons. The lowest BCUT2D eigenvalue weighted by Gasteiger charge is -2.24. The second-order valence-electron chi connectivity index (χ2n) is 4.22. The molecule has 5 heteroatoms. The van der Waals surface area contributed by atoms with E-state index >= 15 is 0 Å². The van der Waals surface area contributed by atoms with Crippen LogP contribution in [0.25, 0.3) is 0 Å². The van der Waals surface area contributed by atoms with E-state index in [9.17, 15) is 8.42 Å². The van der Waals surface area contributed by atoms with Crippen molar-refractivity contribution in [3.63, 3.8) is 0 Å². The predicted octanol–water partition coefficient (Wildman–Crippen LogP) is 0.966. The highest BCUT2D eigenvalue weighted by Gasteiger charge is 2.24. The van der Waals surface area contributed by atoms with Crippen molar-refractivity contribution in [3.8, 4) is 0 Å². The lowest BCUT2D eigenvalue weighted by atomic mass is 10.2. The third kappa shape index (κ3) is 3.88. The maximum absolute atomic E-state index is 11.9. The number of nitrogens with one attached hydrogen (secondary N) is 1. The van der Waals surface area contributed by atoms with Gasteiger partial charge in [0.15, 0.2) is 0 Å². The summed E-state index contributed by atoms with van der Waals surface area (Å²) < 4.78 is 25.5. The van der Waals surface area contributed by atoms with E-state index in [4.69, 9.17) is 0 Å². The van der Waals surface area contributed by atoms with Crippen LogP contribution in [0.3, 0.4) is 0 Å². The van der Waals surface area contributed by atoms with Gasteiger partial charge in [-0.15, -0.1) is 6.58 Å². The Bertz CT molecular complexity index is 308. The first kappa shape index (κ1) is 13.7. The summed E-state index contributed by atoms with van der Waals surface area (Å²) in [6.45, 7) is 7.71. The Kier molecular flexibility index (Phi) is 5.44. The Morgan fingerprint density at radius 3 is 2.81 bits per heavy atom. The van der Waals surface area contributed by atoms with Gasteiger partial charge in [-0.25, -0.2) is 12.7 Å². The highest BCUT2D eigenvalue weighted by atomic mass is 32.2. The standard InChI is InChI=1S/C11H22N2O2S/c1-3-8-13(16(14,15)9-4-2)10-11-6-5-7-12-11/h4,11-12H,2-3,5-10H2,1H3. The molecule has 0 spiro atoms. The quantitative estimate of drug-likeness (QED) is 0.681. The van der Waals surface area contributed by atoms with Gasteiger partial charge >= 0.3 is 0 Å². The molecular weight excluding hydrogens is 224 g/mol. The second kappa shape index (κ2) is 6.37. The van der Waals surface area contributed by atoms with Crippen molar-refractivity contribution in [2.75, 3.05) is 25.4 Å². The Morgan fingerprint density at radius 1 is 1.56 bits per heavy atom. The molecule has 1 N–H and O–H groups in total. The first-order valence-corrected chi connectivity index (χ1v) is 7.53. The average molecular weight is 246 g/mol. The second-order valence-corrected chi connectivity index (χ2v) is 6.23. The summed E-state index contributed by atoms with van der Waals surface area (Å²) >= 11 is 0. The molecule has 94 valence electrons. The van der Waals surface area contributed by atoms with Gasteiger partial charge < -0.3 is 5.32 Å². The number of sulfonamides is 1. The molecule has 1 unspecified atom stereocenters. The van der Waals surface area contributed by atoms with Gasteiger partial charge in [0.2, 0.25) is 10.0 Å². The van der Waals surface area contributed by atoms with Crippen LogP contribution in [0.2, 0.25) is 0 Å². The Morgan fingerprint density at radius 2 is 2.31 bits per heavy atom. The van der Waals surface area contributed by atoms with Crippen molar-refractivity contribution in [2.24, 2.45) is 0 Å². The molecule has 1 heterocycles. The van der Waals surface area contributed by atoms with E-state index in [1.807, 2.05) is 6.92 Å². The van der Waals surface area contributed by atoms with E-state index in [2.05, 4.69) is 11.9 Å². The molecule has 1 aliphatic heterocycles. The SMILES string of the molecule is C=CCS(=O)(=O)N(CCC)CC1CCCN1. The van der Waals surface area contributed by atoms with Gasteiger partial charge in [-0.2, -0.15) is 0 Å². The molecule has 0 aromatic carbocycles. The number of rotatable bonds is 7. The highest BCUT2D eigenvalue weighted by Crippen LogP contribution is 2.11. The molecule has 0 amide bonds. The van der Waals surface area contributed by atoms with Crippen molar-refractivity contribution in [1.29, 1.82) is 0 Å². The van der Waals surface area contributed by atoms with Crippen molar-refractivity contribution in [3.05, 3.63) is 12.7 Å². The third-order valence-electron chi connectivity index (χ3n) is 2.78. The number of nitrogens with zero attached hydrogens (tertiary/aromatic N) is 1. The number of hydrogen-bond donors (Lipinski definition) is 1. The van der Waals surface area contributed by atoms with Crippen molar-refractivity contribution >= 4 is 10.0 Å². The fourth-order valence-electron chi connectivity index (χ4n) is 2.01. The Hall–Kier alpha value is -0.390. The lowest BCUT2D eigenvalue weighted by molar-refractivity contribution is 0.371. The molecule has 1 aliphatic rings. The molecule has 0 aliphatic carbocycles. The smallest absolute Gasteiger partial charge is 0.217 e. The van der Waals surface area contributed by atoms with E-state index in [0.717, 1.165) is 25.8 Å². The largest absolute Gasteiger partial charge is 0.313 e. The lowest BCUT2D eigenvalue weighted by Crippen LogP contribution is -2.42. The topological polar surface area (TPSA) is 49.4 Å². The average Bonchev–Trinajstić information content (AvgIpc) is 2.69. The molecule has 4 nitrogen and oxygen atoms in total. The van der Waals surface area contributed by atoms with E-state index in [0.29, 0.717) is 19.1 Å². The van der Waals surface area contributed by atoms with Crippen molar-refractivity contribution in [1.82, 2.24) is 9.62 Å². The van der Waals surface area contributed by atoms with Crippen LogP contribution in [0.4, 0.5) is 0 Å². The van der Waals surface area contributed by atoms with Gasteiger partial charge in [0.1, 0.15) is 0 Å². The maximum Gasteiger partial charge on any atom is 0.217 e. The molecule has 1 atom stereocenters. The van der Waals surface area contributed by atoms with Crippen LogP contribution in [0.5, 0.6) is 0 Å². The highest BCUT2D eigenvalue weighted by molar-refractivity contribution is 7.89. The van der Waals surface area contributed by atoms with Gasteiger partial charge in [0.05, 0.1) is 5.75 Å². The van der Waals surface area contributed by atoms with E-state index in [-0.39, 0.29) is 5.75 Å². The summed E-state index contributed by atoms with van der Waals surface area (Å²) in [6.07, 6.45) is 4.53. The molecule has 0 aromatic heterocycles. The summed E-state index contributed by atoms with van der Waals surface area (Å²) in [7, 11) is -3.15. The van der Waals surface area contributed by atoms with E-state index in [1.165, 1.54) is 6.08 Å². The minimum Gasteiger partial charge on any atom is -0.313 e. The van der Waals surface area contributed by atoms with Gasteiger partial charge in [0.25, 0.3) is 0 Å². The minimum atomic E-state index is -3.15. The van der Waals surface area contributed by atoms with Crippen LogP contribution in [0.15, 0.2) is 12.7 Å². The van der Waals surface area contributed by atoms with E-state index in [1.54, 1.807) is 4.31 Å². The maximum atomic E-state index is 11.9. The summed E-state index contributed by atoms with van der Waals surface area (Å²) in [4.78, 5) is 0. The molecule has 0 bridgehead atoms. The normalized spacial score (nSPS) is 21.5. The van der Waals surface area contributed by atoms with Crippen LogP contribution in [-0.2, 0) is 10.0 Å². The first-order valence-electron chi connectivity index (χ1n) is 5.92. The zero-order valence-corrected chi connectivity index (χ0v) is 10.8. The Balaban J connectivity index is 2.61. The summed E-state index contributed by atoms with van der Waals surface area (Å²) in [6, 6.07) is 0.325.